The minimum Gasteiger partial charge on any atom is -0.453 e. The van der Waals surface area contributed by atoms with Crippen molar-refractivity contribution < 1.29 is 14.6 Å². The lowest BCUT2D eigenvalue weighted by Crippen LogP contribution is -2.29. The van der Waals surface area contributed by atoms with Crippen LogP contribution in [0.4, 0.5) is 0 Å². The third-order valence-electron chi connectivity index (χ3n) is 5.29. The van der Waals surface area contributed by atoms with Gasteiger partial charge in [-0.25, -0.2) is 4.79 Å². The Kier molecular flexibility index (Phi) is 5.03. The zero-order chi connectivity index (χ0) is 18.6. The van der Waals surface area contributed by atoms with Crippen LogP contribution in [0.5, 0.6) is 0 Å². The Hall–Kier alpha value is -2.91. The van der Waals surface area contributed by atoms with Gasteiger partial charge in [0, 0.05) is 5.92 Å². The lowest BCUT2D eigenvalue weighted by Gasteiger charge is -2.35. The van der Waals surface area contributed by atoms with Gasteiger partial charge in [0.25, 0.3) is 0 Å². The molecule has 0 aliphatic heterocycles. The Morgan fingerprint density at radius 3 is 2.26 bits per heavy atom. The Morgan fingerprint density at radius 1 is 0.889 bits per heavy atom. The van der Waals surface area contributed by atoms with Crippen LogP contribution in [-0.2, 0) is 11.2 Å². The Morgan fingerprint density at radius 2 is 1.52 bits per heavy atom. The van der Waals surface area contributed by atoms with Crippen LogP contribution < -0.4 is 0 Å². The molecule has 27 heavy (non-hydrogen) atoms. The largest absolute Gasteiger partial charge is 0.453 e. The van der Waals surface area contributed by atoms with Crippen molar-refractivity contribution in [1.82, 2.24) is 0 Å². The van der Waals surface area contributed by atoms with Crippen molar-refractivity contribution in [2.45, 2.75) is 25.0 Å². The maximum absolute atomic E-state index is 12.7. The van der Waals surface area contributed by atoms with Gasteiger partial charge < -0.3 is 9.84 Å². The number of aliphatic hydroxyl groups is 1. The van der Waals surface area contributed by atoms with Gasteiger partial charge in [-0.15, -0.1) is 0 Å². The minimum atomic E-state index is -0.663. The average molecular weight is 358 g/mol. The summed E-state index contributed by atoms with van der Waals surface area (Å²) in [5, 5.41) is 11.0. The second-order valence-electron chi connectivity index (χ2n) is 6.95. The molecule has 3 aromatic rings. The minimum absolute atomic E-state index is 0.185. The summed E-state index contributed by atoms with van der Waals surface area (Å²) in [5.74, 6) is -0.550. The molecule has 0 radical (unpaired) electrons. The zero-order valence-corrected chi connectivity index (χ0v) is 15.0. The molecular weight excluding hydrogens is 336 g/mol. The van der Waals surface area contributed by atoms with E-state index < -0.39 is 12.2 Å². The molecule has 0 fully saturated rings. The SMILES string of the molecule is O=C(O[C@H](c1ccccc1)[C@@H]1CCc2ccccc2[C@H]1O)c1ccccc1. The first kappa shape index (κ1) is 17.5. The Labute approximate surface area is 159 Å². The fourth-order valence-corrected chi connectivity index (χ4v) is 3.88. The molecule has 0 saturated carbocycles. The third kappa shape index (κ3) is 3.64. The van der Waals surface area contributed by atoms with E-state index in [1.165, 1.54) is 5.56 Å². The molecule has 0 amide bonds. The highest BCUT2D eigenvalue weighted by molar-refractivity contribution is 5.89. The average Bonchev–Trinajstić information content (AvgIpc) is 2.74. The lowest BCUT2D eigenvalue weighted by molar-refractivity contribution is -0.0276. The van der Waals surface area contributed by atoms with Crippen LogP contribution in [0, 0.1) is 5.92 Å². The van der Waals surface area contributed by atoms with Gasteiger partial charge in [-0.2, -0.15) is 0 Å². The predicted molar refractivity (Wildman–Crippen MR) is 104 cm³/mol. The van der Waals surface area contributed by atoms with Crippen LogP contribution in [0.1, 0.15) is 45.7 Å². The zero-order valence-electron chi connectivity index (χ0n) is 15.0. The van der Waals surface area contributed by atoms with Gasteiger partial charge in [-0.05, 0) is 41.7 Å². The first-order valence-corrected chi connectivity index (χ1v) is 9.31. The normalized spacial score (nSPS) is 19.7. The van der Waals surface area contributed by atoms with E-state index in [1.54, 1.807) is 12.1 Å². The van der Waals surface area contributed by atoms with Gasteiger partial charge in [0.15, 0.2) is 0 Å². The molecular formula is C24H22O3. The van der Waals surface area contributed by atoms with Gasteiger partial charge in [-0.3, -0.25) is 0 Å². The number of carbonyl (C=O) groups is 1. The number of hydrogen-bond donors (Lipinski definition) is 1. The van der Waals surface area contributed by atoms with Gasteiger partial charge in [0.2, 0.25) is 0 Å². The number of aryl methyl sites for hydroxylation is 1. The summed E-state index contributed by atoms with van der Waals surface area (Å²) >= 11 is 0. The highest BCUT2D eigenvalue weighted by Gasteiger charge is 2.37. The summed E-state index contributed by atoms with van der Waals surface area (Å²) in [6.07, 6.45) is 0.468. The standard InChI is InChI=1S/C24H22O3/c25-22-20-14-8-7-9-17(20)15-16-21(22)23(18-10-3-1-4-11-18)27-24(26)19-12-5-2-6-13-19/h1-14,21-23,25H,15-16H2/t21-,22-,23-/m1/s1. The number of fused-ring (bicyclic) bond motifs is 1. The second-order valence-corrected chi connectivity index (χ2v) is 6.95. The van der Waals surface area contributed by atoms with Crippen molar-refractivity contribution in [3.63, 3.8) is 0 Å². The lowest BCUT2D eigenvalue weighted by atomic mass is 9.77. The van der Waals surface area contributed by atoms with E-state index in [-0.39, 0.29) is 11.9 Å². The molecule has 0 spiro atoms. The van der Waals surface area contributed by atoms with Crippen molar-refractivity contribution in [3.05, 3.63) is 107 Å². The molecule has 136 valence electrons. The van der Waals surface area contributed by atoms with Crippen LogP contribution in [0.3, 0.4) is 0 Å². The van der Waals surface area contributed by atoms with E-state index in [4.69, 9.17) is 4.74 Å². The maximum Gasteiger partial charge on any atom is 0.338 e. The molecule has 0 heterocycles. The molecule has 0 saturated heterocycles. The van der Waals surface area contributed by atoms with Gasteiger partial charge in [0.1, 0.15) is 6.10 Å². The summed E-state index contributed by atoms with van der Waals surface area (Å²) < 4.78 is 5.95. The van der Waals surface area contributed by atoms with E-state index in [1.807, 2.05) is 66.7 Å². The summed E-state index contributed by atoms with van der Waals surface area (Å²) in [6, 6.07) is 26.7. The van der Waals surface area contributed by atoms with E-state index in [0.717, 1.165) is 24.0 Å². The van der Waals surface area contributed by atoms with Gasteiger partial charge in [-0.1, -0.05) is 72.8 Å². The predicted octanol–water partition coefficient (Wildman–Crippen LogP) is 4.88. The number of rotatable bonds is 4. The molecule has 1 aliphatic carbocycles. The van der Waals surface area contributed by atoms with Crippen molar-refractivity contribution in [2.75, 3.05) is 0 Å². The van der Waals surface area contributed by atoms with E-state index >= 15 is 0 Å². The summed E-state index contributed by atoms with van der Waals surface area (Å²) in [4.78, 5) is 12.7. The fraction of sp³-hybridized carbons (Fsp3) is 0.208. The molecule has 3 nitrogen and oxygen atoms in total. The van der Waals surface area contributed by atoms with Crippen molar-refractivity contribution in [2.24, 2.45) is 5.92 Å². The third-order valence-corrected chi connectivity index (χ3v) is 5.29. The van der Waals surface area contributed by atoms with E-state index in [2.05, 4.69) is 6.07 Å². The Bertz CT molecular complexity index is 905. The summed E-state index contributed by atoms with van der Waals surface area (Å²) in [7, 11) is 0. The van der Waals surface area contributed by atoms with E-state index in [9.17, 15) is 9.90 Å². The first-order chi connectivity index (χ1) is 13.2. The quantitative estimate of drug-likeness (QED) is 0.676. The fourth-order valence-electron chi connectivity index (χ4n) is 3.88. The molecule has 1 N–H and O–H groups in total. The summed E-state index contributed by atoms with van der Waals surface area (Å²) in [5.41, 5.74) is 3.53. The molecule has 0 bridgehead atoms. The molecule has 0 unspecified atom stereocenters. The Balaban J connectivity index is 1.66. The molecule has 4 rings (SSSR count). The molecule has 0 aromatic heterocycles. The summed E-state index contributed by atoms with van der Waals surface area (Å²) in [6.45, 7) is 0. The smallest absolute Gasteiger partial charge is 0.338 e. The molecule has 3 aromatic carbocycles. The van der Waals surface area contributed by atoms with Crippen LogP contribution in [0.25, 0.3) is 0 Å². The maximum atomic E-state index is 12.7. The van der Waals surface area contributed by atoms with Gasteiger partial charge in [0.05, 0.1) is 11.7 Å². The first-order valence-electron chi connectivity index (χ1n) is 9.31. The van der Waals surface area contributed by atoms with Crippen LogP contribution in [0.15, 0.2) is 84.9 Å². The number of esters is 1. The molecule has 1 aliphatic rings. The van der Waals surface area contributed by atoms with Crippen molar-refractivity contribution in [1.29, 1.82) is 0 Å². The number of benzene rings is 3. The highest BCUT2D eigenvalue weighted by atomic mass is 16.5. The van der Waals surface area contributed by atoms with Crippen LogP contribution in [-0.4, -0.2) is 11.1 Å². The number of aliphatic hydroxyl groups excluding tert-OH is 1. The molecule has 3 heteroatoms. The number of carbonyl (C=O) groups excluding carboxylic acids is 1. The van der Waals surface area contributed by atoms with Crippen molar-refractivity contribution >= 4 is 5.97 Å². The second kappa shape index (κ2) is 7.77. The highest BCUT2D eigenvalue weighted by Crippen LogP contribution is 2.43. The number of ether oxygens (including phenoxy) is 1. The van der Waals surface area contributed by atoms with Gasteiger partial charge >= 0.3 is 5.97 Å². The van der Waals surface area contributed by atoms with Crippen LogP contribution in [0.2, 0.25) is 0 Å². The van der Waals surface area contributed by atoms with E-state index in [0.29, 0.717) is 5.56 Å². The van der Waals surface area contributed by atoms with Crippen LogP contribution >= 0.6 is 0 Å². The molecule has 3 atom stereocenters. The monoisotopic (exact) mass is 358 g/mol. The number of hydrogen-bond acceptors (Lipinski definition) is 3. The topological polar surface area (TPSA) is 46.5 Å². The van der Waals surface area contributed by atoms with Crippen molar-refractivity contribution in [3.8, 4) is 0 Å².